The number of rotatable bonds is 3. The average molecular weight is 289 g/mol. The lowest BCUT2D eigenvalue weighted by atomic mass is 9.98. The van der Waals surface area contributed by atoms with E-state index in [0.29, 0.717) is 5.92 Å². The van der Waals surface area contributed by atoms with Crippen LogP contribution in [0.1, 0.15) is 17.7 Å². The minimum absolute atomic E-state index is 0.710. The van der Waals surface area contributed by atoms with Gasteiger partial charge in [0.05, 0.1) is 0 Å². The molecule has 1 aliphatic heterocycles. The first kappa shape index (κ1) is 11.6. The predicted molar refractivity (Wildman–Crippen MR) is 69.1 cm³/mol. The summed E-state index contributed by atoms with van der Waals surface area (Å²) in [4.78, 5) is 3.97. The molecule has 0 aliphatic carbocycles. The molecule has 1 fully saturated rings. The maximum atomic E-state index is 5.73. The fourth-order valence-electron chi connectivity index (χ4n) is 2.14. The zero-order chi connectivity index (χ0) is 10.7. The maximum Gasteiger partial charge on any atom is 0.0328 e. The second-order valence-electron chi connectivity index (χ2n) is 4.21. The third-order valence-electron chi connectivity index (χ3n) is 2.94. The van der Waals surface area contributed by atoms with Gasteiger partial charge in [0.15, 0.2) is 0 Å². The van der Waals surface area contributed by atoms with Crippen molar-refractivity contribution in [2.75, 3.05) is 19.6 Å². The normalized spacial score (nSPS) is 23.2. The molecule has 0 bridgehead atoms. The molecular formula is C11H17BrN2S. The van der Waals surface area contributed by atoms with Crippen molar-refractivity contribution in [3.63, 3.8) is 0 Å². The molecule has 2 rings (SSSR count). The van der Waals surface area contributed by atoms with Gasteiger partial charge in [-0.25, -0.2) is 0 Å². The highest BCUT2D eigenvalue weighted by molar-refractivity contribution is 9.10. The smallest absolute Gasteiger partial charge is 0.0328 e. The number of nitrogens with two attached hydrogens (primary N) is 1. The van der Waals surface area contributed by atoms with Crippen LogP contribution in [-0.2, 0) is 6.54 Å². The number of halogens is 1. The maximum absolute atomic E-state index is 5.73. The van der Waals surface area contributed by atoms with E-state index in [9.17, 15) is 0 Å². The summed E-state index contributed by atoms with van der Waals surface area (Å²) in [5.74, 6) is 0.710. The Morgan fingerprint density at radius 2 is 2.47 bits per heavy atom. The fraction of sp³-hybridized carbons (Fsp3) is 0.636. The van der Waals surface area contributed by atoms with Gasteiger partial charge in [-0.15, -0.1) is 11.3 Å². The van der Waals surface area contributed by atoms with Crippen LogP contribution in [0.4, 0.5) is 0 Å². The van der Waals surface area contributed by atoms with Crippen molar-refractivity contribution in [1.29, 1.82) is 0 Å². The summed E-state index contributed by atoms with van der Waals surface area (Å²) in [5, 5.41) is 2.15. The minimum atomic E-state index is 0.710. The average Bonchev–Trinajstić information content (AvgIpc) is 2.64. The molecule has 1 aromatic heterocycles. The molecule has 0 spiro atoms. The van der Waals surface area contributed by atoms with Crippen molar-refractivity contribution in [2.24, 2.45) is 11.7 Å². The van der Waals surface area contributed by atoms with Crippen LogP contribution >= 0.6 is 27.3 Å². The molecule has 84 valence electrons. The van der Waals surface area contributed by atoms with Crippen LogP contribution in [0.15, 0.2) is 15.9 Å². The molecule has 0 saturated carbocycles. The number of likely N-dealkylation sites (tertiary alicyclic amines) is 1. The van der Waals surface area contributed by atoms with Gasteiger partial charge in [0.25, 0.3) is 0 Å². The lowest BCUT2D eigenvalue weighted by molar-refractivity contribution is 0.172. The molecule has 1 aliphatic rings. The monoisotopic (exact) mass is 288 g/mol. The third-order valence-corrected chi connectivity index (χ3v) is 4.62. The Hall–Kier alpha value is 0.1000. The summed E-state index contributed by atoms with van der Waals surface area (Å²) in [6.45, 7) is 4.33. The van der Waals surface area contributed by atoms with Gasteiger partial charge in [-0.1, -0.05) is 0 Å². The summed E-state index contributed by atoms with van der Waals surface area (Å²) in [6.07, 6.45) is 2.61. The van der Waals surface area contributed by atoms with E-state index < -0.39 is 0 Å². The van der Waals surface area contributed by atoms with Crippen LogP contribution in [0.5, 0.6) is 0 Å². The Bertz CT molecular complexity index is 313. The molecule has 0 radical (unpaired) electrons. The molecule has 1 saturated heterocycles. The number of nitrogens with zero attached hydrogens (tertiary/aromatic N) is 1. The topological polar surface area (TPSA) is 29.3 Å². The van der Waals surface area contributed by atoms with Crippen molar-refractivity contribution in [2.45, 2.75) is 19.4 Å². The quantitative estimate of drug-likeness (QED) is 0.927. The van der Waals surface area contributed by atoms with E-state index in [2.05, 4.69) is 32.3 Å². The van der Waals surface area contributed by atoms with Crippen molar-refractivity contribution < 1.29 is 0 Å². The second-order valence-corrected chi connectivity index (χ2v) is 6.12. The summed E-state index contributed by atoms with van der Waals surface area (Å²) in [6, 6.07) is 2.22. The molecule has 1 atom stereocenters. The Kier molecular flexibility index (Phi) is 4.20. The van der Waals surface area contributed by atoms with E-state index in [1.807, 2.05) is 11.3 Å². The molecule has 4 heteroatoms. The molecule has 0 aromatic carbocycles. The molecule has 1 aromatic rings. The number of piperidine rings is 1. The Morgan fingerprint density at radius 3 is 3.13 bits per heavy atom. The van der Waals surface area contributed by atoms with Crippen LogP contribution in [-0.4, -0.2) is 24.5 Å². The standard InChI is InChI=1S/C11H17BrN2S/c12-10-4-11(15-8-10)7-14-3-1-2-9(5-13)6-14/h4,8-9H,1-3,5-7,13H2/t9-/m0/s1. The Morgan fingerprint density at radius 1 is 1.60 bits per heavy atom. The zero-order valence-electron chi connectivity index (χ0n) is 8.79. The first-order chi connectivity index (χ1) is 7.28. The lowest BCUT2D eigenvalue weighted by Crippen LogP contribution is -2.37. The predicted octanol–water partition coefficient (Wildman–Crippen LogP) is 2.68. The lowest BCUT2D eigenvalue weighted by Gasteiger charge is -2.31. The number of hydrogen-bond acceptors (Lipinski definition) is 3. The highest BCUT2D eigenvalue weighted by Gasteiger charge is 2.18. The van der Waals surface area contributed by atoms with Crippen LogP contribution in [0, 0.1) is 5.92 Å². The van der Waals surface area contributed by atoms with Crippen molar-refractivity contribution in [3.05, 3.63) is 20.8 Å². The van der Waals surface area contributed by atoms with E-state index >= 15 is 0 Å². The van der Waals surface area contributed by atoms with E-state index in [1.165, 1.54) is 35.3 Å². The first-order valence-electron chi connectivity index (χ1n) is 5.43. The Balaban J connectivity index is 1.88. The van der Waals surface area contributed by atoms with Gasteiger partial charge in [0.2, 0.25) is 0 Å². The summed E-state index contributed by atoms with van der Waals surface area (Å²) >= 11 is 5.33. The zero-order valence-corrected chi connectivity index (χ0v) is 11.2. The van der Waals surface area contributed by atoms with Gasteiger partial charge in [0.1, 0.15) is 0 Å². The van der Waals surface area contributed by atoms with Crippen LogP contribution < -0.4 is 5.73 Å². The number of hydrogen-bond donors (Lipinski definition) is 1. The SMILES string of the molecule is NC[C@@H]1CCCN(Cc2cc(Br)cs2)C1. The summed E-state index contributed by atoms with van der Waals surface area (Å²) in [5.41, 5.74) is 5.73. The molecule has 0 amide bonds. The van der Waals surface area contributed by atoms with Gasteiger partial charge in [0, 0.05) is 27.8 Å². The van der Waals surface area contributed by atoms with Crippen molar-refractivity contribution >= 4 is 27.3 Å². The Labute approximate surface area is 104 Å². The first-order valence-corrected chi connectivity index (χ1v) is 7.10. The van der Waals surface area contributed by atoms with Crippen LogP contribution in [0.25, 0.3) is 0 Å². The number of thiophene rings is 1. The summed E-state index contributed by atoms with van der Waals surface area (Å²) < 4.78 is 1.20. The third kappa shape index (κ3) is 3.28. The van der Waals surface area contributed by atoms with Crippen LogP contribution in [0.2, 0.25) is 0 Å². The van der Waals surface area contributed by atoms with Crippen molar-refractivity contribution in [3.8, 4) is 0 Å². The molecule has 2 nitrogen and oxygen atoms in total. The largest absolute Gasteiger partial charge is 0.330 e. The van der Waals surface area contributed by atoms with Crippen LogP contribution in [0.3, 0.4) is 0 Å². The highest BCUT2D eigenvalue weighted by atomic mass is 79.9. The van der Waals surface area contributed by atoms with E-state index in [-0.39, 0.29) is 0 Å². The van der Waals surface area contributed by atoms with Gasteiger partial charge >= 0.3 is 0 Å². The summed E-state index contributed by atoms with van der Waals surface area (Å²) in [7, 11) is 0. The highest BCUT2D eigenvalue weighted by Crippen LogP contribution is 2.23. The fourth-order valence-corrected chi connectivity index (χ4v) is 3.64. The molecule has 0 unspecified atom stereocenters. The second kappa shape index (κ2) is 5.43. The molecule has 2 N–H and O–H groups in total. The van der Waals surface area contributed by atoms with E-state index in [1.54, 1.807) is 0 Å². The molecule has 2 heterocycles. The van der Waals surface area contributed by atoms with Gasteiger partial charge in [-0.05, 0) is 53.8 Å². The van der Waals surface area contributed by atoms with Gasteiger partial charge in [-0.3, -0.25) is 4.90 Å². The van der Waals surface area contributed by atoms with Gasteiger partial charge < -0.3 is 5.73 Å². The molecule has 15 heavy (non-hydrogen) atoms. The van der Waals surface area contributed by atoms with E-state index in [0.717, 1.165) is 13.1 Å². The van der Waals surface area contributed by atoms with Crippen molar-refractivity contribution in [1.82, 2.24) is 4.90 Å². The van der Waals surface area contributed by atoms with E-state index in [4.69, 9.17) is 5.73 Å². The molecular weight excluding hydrogens is 272 g/mol. The van der Waals surface area contributed by atoms with Gasteiger partial charge in [-0.2, -0.15) is 0 Å². The minimum Gasteiger partial charge on any atom is -0.330 e.